The van der Waals surface area contributed by atoms with Gasteiger partial charge in [-0.15, -0.1) is 0 Å². The molecule has 1 amide bonds. The van der Waals surface area contributed by atoms with Crippen LogP contribution in [0.1, 0.15) is 11.3 Å². The summed E-state index contributed by atoms with van der Waals surface area (Å²) >= 11 is 5.32. The van der Waals surface area contributed by atoms with Gasteiger partial charge in [0.25, 0.3) is 0 Å². The van der Waals surface area contributed by atoms with Gasteiger partial charge in [-0.05, 0) is 48.5 Å². The van der Waals surface area contributed by atoms with Crippen LogP contribution in [0.2, 0.25) is 0 Å². The summed E-state index contributed by atoms with van der Waals surface area (Å²) in [5.41, 5.74) is 2.32. The highest BCUT2D eigenvalue weighted by atomic mass is 32.1. The molecular weight excluding hydrogens is 284 g/mol. The molecule has 106 valence electrons. The number of thiocarbonyl (C=S) groups is 1. The number of fused-ring (bicyclic) bond motifs is 1. The summed E-state index contributed by atoms with van der Waals surface area (Å²) in [5.74, 6) is 0.364. The number of carbonyl (C=O) groups excluding carboxylic acids is 1. The monoisotopic (exact) mass is 298 g/mol. The molecule has 1 N–H and O–H groups in total. The number of hydrogen-bond donors (Lipinski definition) is 1. The fraction of sp³-hybridized carbons (Fsp3) is 0.125. The minimum Gasteiger partial charge on any atom is -0.465 e. The van der Waals surface area contributed by atoms with Crippen molar-refractivity contribution in [1.82, 2.24) is 5.32 Å². The standard InChI is InChI=1S/C16H14N2O2S/c19-15(8-7-13-5-3-11-20-13)17-16(21)18-10-9-12-4-1-2-6-14(12)18/h1-8,11H,9-10H2,(H,17,19,21). The highest BCUT2D eigenvalue weighted by Crippen LogP contribution is 2.27. The number of anilines is 1. The molecule has 1 aromatic heterocycles. The molecule has 5 heteroatoms. The average Bonchev–Trinajstić information content (AvgIpc) is 3.14. The Bertz CT molecular complexity index is 692. The maximum Gasteiger partial charge on any atom is 0.250 e. The van der Waals surface area contributed by atoms with E-state index in [1.807, 2.05) is 23.1 Å². The molecule has 0 bridgehead atoms. The second kappa shape index (κ2) is 5.93. The number of carbonyl (C=O) groups is 1. The van der Waals surface area contributed by atoms with Crippen molar-refractivity contribution in [3.63, 3.8) is 0 Å². The van der Waals surface area contributed by atoms with E-state index in [1.54, 1.807) is 24.5 Å². The number of nitrogens with one attached hydrogen (secondary N) is 1. The number of nitrogens with zero attached hydrogens (tertiary/aromatic N) is 1. The summed E-state index contributed by atoms with van der Waals surface area (Å²) in [7, 11) is 0. The van der Waals surface area contributed by atoms with Gasteiger partial charge in [-0.3, -0.25) is 10.1 Å². The molecule has 21 heavy (non-hydrogen) atoms. The van der Waals surface area contributed by atoms with Crippen molar-refractivity contribution in [2.45, 2.75) is 6.42 Å². The molecule has 2 aromatic rings. The van der Waals surface area contributed by atoms with Gasteiger partial charge in [0.15, 0.2) is 5.11 Å². The van der Waals surface area contributed by atoms with Crippen molar-refractivity contribution in [2.75, 3.05) is 11.4 Å². The van der Waals surface area contributed by atoms with Crippen molar-refractivity contribution >= 4 is 35.0 Å². The number of benzene rings is 1. The van der Waals surface area contributed by atoms with Crippen molar-refractivity contribution in [3.05, 3.63) is 60.1 Å². The molecule has 1 aromatic carbocycles. The second-order valence-corrected chi connectivity index (χ2v) is 5.06. The summed E-state index contributed by atoms with van der Waals surface area (Å²) in [5, 5.41) is 3.14. The van der Waals surface area contributed by atoms with E-state index in [9.17, 15) is 4.79 Å². The molecule has 1 aliphatic heterocycles. The topological polar surface area (TPSA) is 45.5 Å². The lowest BCUT2D eigenvalue weighted by Crippen LogP contribution is -2.41. The fourth-order valence-electron chi connectivity index (χ4n) is 2.31. The zero-order valence-corrected chi connectivity index (χ0v) is 12.1. The molecule has 0 unspecified atom stereocenters. The Morgan fingerprint density at radius 1 is 1.29 bits per heavy atom. The SMILES string of the molecule is O=C(C=Cc1ccco1)NC(=S)N1CCc2ccccc21. The normalized spacial score (nSPS) is 13.4. The number of rotatable bonds is 2. The van der Waals surface area contributed by atoms with Crippen molar-refractivity contribution in [1.29, 1.82) is 0 Å². The molecule has 0 saturated heterocycles. The van der Waals surface area contributed by atoms with Crippen LogP contribution in [0.25, 0.3) is 6.08 Å². The lowest BCUT2D eigenvalue weighted by Gasteiger charge is -2.19. The number of para-hydroxylation sites is 1. The van der Waals surface area contributed by atoms with E-state index in [0.29, 0.717) is 10.9 Å². The lowest BCUT2D eigenvalue weighted by molar-refractivity contribution is -0.115. The summed E-state index contributed by atoms with van der Waals surface area (Å²) < 4.78 is 5.13. The van der Waals surface area contributed by atoms with Gasteiger partial charge in [-0.25, -0.2) is 0 Å². The molecule has 1 aliphatic rings. The van der Waals surface area contributed by atoms with Crippen LogP contribution in [-0.4, -0.2) is 17.6 Å². The largest absolute Gasteiger partial charge is 0.465 e. The Hall–Kier alpha value is -2.40. The van der Waals surface area contributed by atoms with Gasteiger partial charge in [-0.2, -0.15) is 0 Å². The van der Waals surface area contributed by atoms with E-state index >= 15 is 0 Å². The number of amides is 1. The first-order valence-corrected chi connectivity index (χ1v) is 7.07. The van der Waals surface area contributed by atoms with Crippen molar-refractivity contribution in [2.24, 2.45) is 0 Å². The molecule has 0 atom stereocenters. The van der Waals surface area contributed by atoms with Gasteiger partial charge >= 0.3 is 0 Å². The quantitative estimate of drug-likeness (QED) is 0.684. The molecule has 0 saturated carbocycles. The van der Waals surface area contributed by atoms with Crippen LogP contribution in [0, 0.1) is 0 Å². The van der Waals surface area contributed by atoms with Crippen LogP contribution in [0.3, 0.4) is 0 Å². The smallest absolute Gasteiger partial charge is 0.250 e. The first kappa shape index (κ1) is 13.6. The van der Waals surface area contributed by atoms with E-state index in [4.69, 9.17) is 16.6 Å². The zero-order chi connectivity index (χ0) is 14.7. The number of furan rings is 1. The van der Waals surface area contributed by atoms with E-state index in [1.165, 1.54) is 11.6 Å². The molecule has 0 radical (unpaired) electrons. The Kier molecular flexibility index (Phi) is 3.83. The van der Waals surface area contributed by atoms with Crippen LogP contribution < -0.4 is 10.2 Å². The lowest BCUT2D eigenvalue weighted by atomic mass is 10.2. The van der Waals surface area contributed by atoms with Gasteiger partial charge in [-0.1, -0.05) is 18.2 Å². The van der Waals surface area contributed by atoms with Gasteiger partial charge < -0.3 is 9.32 Å². The van der Waals surface area contributed by atoms with E-state index < -0.39 is 0 Å². The van der Waals surface area contributed by atoms with Gasteiger partial charge in [0.05, 0.1) is 6.26 Å². The van der Waals surface area contributed by atoms with Crippen LogP contribution >= 0.6 is 12.2 Å². The van der Waals surface area contributed by atoms with Gasteiger partial charge in [0.1, 0.15) is 5.76 Å². The molecule has 0 aliphatic carbocycles. The maximum atomic E-state index is 11.9. The Balaban J connectivity index is 1.63. The predicted molar refractivity (Wildman–Crippen MR) is 86.0 cm³/mol. The number of hydrogen-bond acceptors (Lipinski definition) is 3. The van der Waals surface area contributed by atoms with Crippen LogP contribution in [0.4, 0.5) is 5.69 Å². The molecule has 4 nitrogen and oxygen atoms in total. The molecule has 0 spiro atoms. The summed E-state index contributed by atoms with van der Waals surface area (Å²) in [6.07, 6.45) is 5.51. The van der Waals surface area contributed by atoms with Crippen molar-refractivity contribution in [3.8, 4) is 0 Å². The molecular formula is C16H14N2O2S. The third-order valence-electron chi connectivity index (χ3n) is 3.30. The predicted octanol–water partition coefficient (Wildman–Crippen LogP) is 2.76. The minimum absolute atomic E-state index is 0.263. The molecule has 0 fully saturated rings. The highest BCUT2D eigenvalue weighted by Gasteiger charge is 2.22. The second-order valence-electron chi connectivity index (χ2n) is 4.67. The third-order valence-corrected chi connectivity index (χ3v) is 3.63. The van der Waals surface area contributed by atoms with Crippen LogP contribution in [0.15, 0.2) is 53.2 Å². The zero-order valence-electron chi connectivity index (χ0n) is 11.3. The van der Waals surface area contributed by atoms with Gasteiger partial charge in [0.2, 0.25) is 5.91 Å². The Morgan fingerprint density at radius 2 is 2.14 bits per heavy atom. The highest BCUT2D eigenvalue weighted by molar-refractivity contribution is 7.80. The van der Waals surface area contributed by atoms with E-state index in [-0.39, 0.29) is 5.91 Å². The Labute approximate surface area is 128 Å². The Morgan fingerprint density at radius 3 is 2.95 bits per heavy atom. The molecule has 2 heterocycles. The average molecular weight is 298 g/mol. The first-order chi connectivity index (χ1) is 10.2. The minimum atomic E-state index is -0.263. The van der Waals surface area contributed by atoms with Gasteiger partial charge in [0, 0.05) is 18.3 Å². The first-order valence-electron chi connectivity index (χ1n) is 6.66. The van der Waals surface area contributed by atoms with E-state index in [2.05, 4.69) is 11.4 Å². The maximum absolute atomic E-state index is 11.9. The van der Waals surface area contributed by atoms with Crippen LogP contribution in [-0.2, 0) is 11.2 Å². The van der Waals surface area contributed by atoms with E-state index in [0.717, 1.165) is 18.7 Å². The summed E-state index contributed by atoms with van der Waals surface area (Å²) in [6.45, 7) is 0.792. The van der Waals surface area contributed by atoms with Crippen molar-refractivity contribution < 1.29 is 9.21 Å². The third kappa shape index (κ3) is 3.03. The molecule has 3 rings (SSSR count). The van der Waals surface area contributed by atoms with Crippen LogP contribution in [0.5, 0.6) is 0 Å². The fourth-order valence-corrected chi connectivity index (χ4v) is 2.60. The summed E-state index contributed by atoms with van der Waals surface area (Å²) in [6, 6.07) is 11.6. The summed E-state index contributed by atoms with van der Waals surface area (Å²) in [4.78, 5) is 13.8.